The van der Waals surface area contributed by atoms with Crippen LogP contribution in [0.2, 0.25) is 0 Å². The van der Waals surface area contributed by atoms with Crippen molar-refractivity contribution in [3.05, 3.63) is 11.6 Å². The Bertz CT molecular complexity index is 338. The fourth-order valence-corrected chi connectivity index (χ4v) is 5.08. The highest BCUT2D eigenvalue weighted by Gasteiger charge is 2.48. The smallest absolute Gasteiger partial charge is 0.0169 e. The molecule has 0 aromatic rings. The summed E-state index contributed by atoms with van der Waals surface area (Å²) in [5.74, 6) is 5.89. The highest BCUT2D eigenvalue weighted by Crippen LogP contribution is 2.58. The van der Waals surface area contributed by atoms with Crippen LogP contribution < -0.4 is 0 Å². The van der Waals surface area contributed by atoms with Gasteiger partial charge < -0.3 is 0 Å². The second-order valence-corrected chi connectivity index (χ2v) is 8.41. The normalized spacial score (nSPS) is 35.0. The summed E-state index contributed by atoms with van der Waals surface area (Å²) in [6.45, 7) is 11.8. The summed E-state index contributed by atoms with van der Waals surface area (Å²) in [4.78, 5) is 0. The maximum atomic E-state index is 2.45. The minimum absolute atomic E-state index is 0.878. The van der Waals surface area contributed by atoms with Gasteiger partial charge in [-0.1, -0.05) is 65.0 Å². The Labute approximate surface area is 133 Å². The van der Waals surface area contributed by atoms with Crippen LogP contribution >= 0.6 is 0 Å². The van der Waals surface area contributed by atoms with E-state index in [0.29, 0.717) is 0 Å². The molecule has 2 saturated carbocycles. The van der Waals surface area contributed by atoms with E-state index < -0.39 is 0 Å². The Hall–Kier alpha value is -0.260. The summed E-state index contributed by atoms with van der Waals surface area (Å²) < 4.78 is 0. The van der Waals surface area contributed by atoms with Gasteiger partial charge >= 0.3 is 0 Å². The lowest BCUT2D eigenvalue weighted by molar-refractivity contribution is 0.211. The summed E-state index contributed by atoms with van der Waals surface area (Å²) in [6, 6.07) is 0. The van der Waals surface area contributed by atoms with Gasteiger partial charge in [0.1, 0.15) is 0 Å². The molecule has 2 bridgehead atoms. The minimum atomic E-state index is 0.878. The number of hydrogen-bond acceptors (Lipinski definition) is 0. The van der Waals surface area contributed by atoms with Gasteiger partial charge in [-0.2, -0.15) is 0 Å². The van der Waals surface area contributed by atoms with Crippen LogP contribution in [0.15, 0.2) is 11.6 Å². The molecule has 0 aromatic heterocycles. The predicted molar refractivity (Wildman–Crippen MR) is 94.3 cm³/mol. The first-order valence-corrected chi connectivity index (χ1v) is 9.71. The van der Waals surface area contributed by atoms with Crippen molar-refractivity contribution in [1.82, 2.24) is 0 Å². The number of hydrogen-bond donors (Lipinski definition) is 0. The van der Waals surface area contributed by atoms with Crippen molar-refractivity contribution in [2.45, 2.75) is 86.0 Å². The summed E-state index contributed by atoms with van der Waals surface area (Å²) >= 11 is 0. The van der Waals surface area contributed by atoms with E-state index in [-0.39, 0.29) is 0 Å². The minimum Gasteiger partial charge on any atom is -0.0882 e. The SMILES string of the molecule is C/C=C1/CC2CC1C(CCCC(C)C)C2CCC(C)CC. The molecule has 0 aliphatic heterocycles. The van der Waals surface area contributed by atoms with E-state index in [1.807, 2.05) is 5.57 Å². The molecule has 2 fully saturated rings. The Kier molecular flexibility index (Phi) is 6.38. The molecule has 0 aromatic carbocycles. The third kappa shape index (κ3) is 4.14. The molecule has 21 heavy (non-hydrogen) atoms. The van der Waals surface area contributed by atoms with Crippen LogP contribution in [-0.4, -0.2) is 0 Å². The molecule has 2 rings (SSSR count). The Balaban J connectivity index is 1.94. The van der Waals surface area contributed by atoms with Gasteiger partial charge in [0, 0.05) is 0 Å². The van der Waals surface area contributed by atoms with Gasteiger partial charge in [0.05, 0.1) is 0 Å². The van der Waals surface area contributed by atoms with Gasteiger partial charge in [0.2, 0.25) is 0 Å². The van der Waals surface area contributed by atoms with Crippen LogP contribution in [-0.2, 0) is 0 Å². The second kappa shape index (κ2) is 7.84. The monoisotopic (exact) mass is 290 g/mol. The first-order valence-electron chi connectivity index (χ1n) is 9.71. The third-order valence-corrected chi connectivity index (χ3v) is 6.58. The summed E-state index contributed by atoms with van der Waals surface area (Å²) in [5, 5.41) is 0. The van der Waals surface area contributed by atoms with Crippen LogP contribution in [0.4, 0.5) is 0 Å². The van der Waals surface area contributed by atoms with Crippen molar-refractivity contribution in [3.63, 3.8) is 0 Å². The Morgan fingerprint density at radius 3 is 2.48 bits per heavy atom. The molecular weight excluding hydrogens is 252 g/mol. The van der Waals surface area contributed by atoms with E-state index in [1.54, 1.807) is 0 Å². The summed E-state index contributed by atoms with van der Waals surface area (Å²) in [6.07, 6.45) is 14.1. The largest absolute Gasteiger partial charge is 0.0882 e. The molecule has 5 unspecified atom stereocenters. The zero-order valence-corrected chi connectivity index (χ0v) is 15.2. The van der Waals surface area contributed by atoms with E-state index in [0.717, 1.165) is 35.5 Å². The number of rotatable bonds is 8. The van der Waals surface area contributed by atoms with Gasteiger partial charge in [0.15, 0.2) is 0 Å². The number of fused-ring (bicyclic) bond motifs is 2. The molecular formula is C21H38. The van der Waals surface area contributed by atoms with Crippen molar-refractivity contribution in [3.8, 4) is 0 Å². The first kappa shape index (κ1) is 17.1. The van der Waals surface area contributed by atoms with Gasteiger partial charge in [-0.25, -0.2) is 0 Å². The molecule has 0 spiro atoms. The molecule has 0 amide bonds. The lowest BCUT2D eigenvalue weighted by atomic mass is 9.72. The molecule has 2 aliphatic rings. The summed E-state index contributed by atoms with van der Waals surface area (Å²) in [7, 11) is 0. The Morgan fingerprint density at radius 2 is 1.86 bits per heavy atom. The van der Waals surface area contributed by atoms with Crippen molar-refractivity contribution in [2.24, 2.45) is 35.5 Å². The second-order valence-electron chi connectivity index (χ2n) is 8.41. The molecule has 0 heterocycles. The molecule has 0 heteroatoms. The van der Waals surface area contributed by atoms with Gasteiger partial charge in [-0.15, -0.1) is 0 Å². The van der Waals surface area contributed by atoms with E-state index in [1.165, 1.54) is 51.4 Å². The molecule has 0 saturated heterocycles. The molecule has 2 aliphatic carbocycles. The Morgan fingerprint density at radius 1 is 1.10 bits per heavy atom. The highest BCUT2D eigenvalue weighted by molar-refractivity contribution is 5.20. The van der Waals surface area contributed by atoms with Crippen LogP contribution in [0, 0.1) is 35.5 Å². The zero-order chi connectivity index (χ0) is 15.4. The third-order valence-electron chi connectivity index (χ3n) is 6.58. The van der Waals surface area contributed by atoms with Gasteiger partial charge in [0.25, 0.3) is 0 Å². The zero-order valence-electron chi connectivity index (χ0n) is 15.2. The highest BCUT2D eigenvalue weighted by atomic mass is 14.5. The summed E-state index contributed by atoms with van der Waals surface area (Å²) in [5.41, 5.74) is 1.81. The van der Waals surface area contributed by atoms with Crippen molar-refractivity contribution in [2.75, 3.05) is 0 Å². The van der Waals surface area contributed by atoms with Gasteiger partial charge in [-0.05, 0) is 68.1 Å². The molecule has 0 N–H and O–H groups in total. The van der Waals surface area contributed by atoms with E-state index in [4.69, 9.17) is 0 Å². The average Bonchev–Trinajstić information content (AvgIpc) is 3.02. The first-order chi connectivity index (χ1) is 10.1. The van der Waals surface area contributed by atoms with E-state index in [9.17, 15) is 0 Å². The van der Waals surface area contributed by atoms with Crippen molar-refractivity contribution in [1.29, 1.82) is 0 Å². The standard InChI is InChI=1S/C21H38/c1-6-16(5)11-12-19-18-13-17(7-2)21(14-18)20(19)10-8-9-15(3)4/h7,15-16,18-21H,6,8-14H2,1-5H3/b17-7-. The van der Waals surface area contributed by atoms with Crippen molar-refractivity contribution >= 4 is 0 Å². The van der Waals surface area contributed by atoms with Crippen LogP contribution in [0.1, 0.15) is 86.0 Å². The maximum Gasteiger partial charge on any atom is -0.0169 e. The van der Waals surface area contributed by atoms with E-state index in [2.05, 4.69) is 40.7 Å². The fraction of sp³-hybridized carbons (Fsp3) is 0.905. The fourth-order valence-electron chi connectivity index (χ4n) is 5.08. The number of allylic oxidation sites excluding steroid dienone is 2. The molecule has 0 radical (unpaired) electrons. The molecule has 122 valence electrons. The van der Waals surface area contributed by atoms with Crippen LogP contribution in [0.5, 0.6) is 0 Å². The quantitative estimate of drug-likeness (QED) is 0.428. The topological polar surface area (TPSA) is 0 Å². The van der Waals surface area contributed by atoms with Gasteiger partial charge in [-0.3, -0.25) is 0 Å². The maximum absolute atomic E-state index is 2.45. The molecule has 5 atom stereocenters. The molecule has 0 nitrogen and oxygen atoms in total. The van der Waals surface area contributed by atoms with Crippen LogP contribution in [0.25, 0.3) is 0 Å². The average molecular weight is 291 g/mol. The van der Waals surface area contributed by atoms with Crippen molar-refractivity contribution < 1.29 is 0 Å². The van der Waals surface area contributed by atoms with Crippen LogP contribution in [0.3, 0.4) is 0 Å². The predicted octanol–water partition coefficient (Wildman–Crippen LogP) is 6.86. The lowest BCUT2D eigenvalue weighted by Gasteiger charge is -2.33. The van der Waals surface area contributed by atoms with E-state index >= 15 is 0 Å². The lowest BCUT2D eigenvalue weighted by Crippen LogP contribution is -2.24.